The summed E-state index contributed by atoms with van der Waals surface area (Å²) < 4.78 is 14.1. The molecule has 21 heavy (non-hydrogen) atoms. The molecule has 1 saturated carbocycles. The number of hydrogen-bond donors (Lipinski definition) is 3. The summed E-state index contributed by atoms with van der Waals surface area (Å²) in [5, 5.41) is 7.62. The van der Waals surface area contributed by atoms with Gasteiger partial charge in [-0.3, -0.25) is 10.1 Å². The monoisotopic (exact) mass is 357 g/mol. The van der Waals surface area contributed by atoms with E-state index in [-0.39, 0.29) is 18.3 Å². The highest BCUT2D eigenvalue weighted by Crippen LogP contribution is 2.19. The van der Waals surface area contributed by atoms with Crippen molar-refractivity contribution in [3.05, 3.63) is 28.5 Å². The highest BCUT2D eigenvalue weighted by Gasteiger charge is 2.18. The second kappa shape index (κ2) is 7.40. The first-order valence-electron chi connectivity index (χ1n) is 6.84. The van der Waals surface area contributed by atoms with Crippen LogP contribution in [0.15, 0.2) is 22.7 Å². The number of nitrogens with one attached hydrogen (secondary N) is 3. The second-order valence-electron chi connectivity index (χ2n) is 4.98. The Hall–Kier alpha value is -1.63. The van der Waals surface area contributed by atoms with Gasteiger partial charge in [0.05, 0.1) is 12.2 Å². The molecule has 3 N–H and O–H groups in total. The first-order chi connectivity index (χ1) is 10.0. The maximum Gasteiger partial charge on any atom is 0.321 e. The molecule has 0 saturated heterocycles. The van der Waals surface area contributed by atoms with Crippen LogP contribution in [-0.2, 0) is 4.79 Å². The highest BCUT2D eigenvalue weighted by atomic mass is 79.9. The van der Waals surface area contributed by atoms with Crippen LogP contribution in [0.2, 0.25) is 0 Å². The topological polar surface area (TPSA) is 70.2 Å². The molecule has 3 amide bonds. The van der Waals surface area contributed by atoms with E-state index in [4.69, 9.17) is 0 Å². The van der Waals surface area contributed by atoms with E-state index in [9.17, 15) is 14.0 Å². The summed E-state index contributed by atoms with van der Waals surface area (Å²) in [7, 11) is 0. The van der Waals surface area contributed by atoms with E-state index in [1.54, 1.807) is 6.07 Å². The Morgan fingerprint density at radius 2 is 2.00 bits per heavy atom. The number of rotatable bonds is 4. The van der Waals surface area contributed by atoms with Crippen LogP contribution in [0.4, 0.5) is 14.9 Å². The third-order valence-electron chi connectivity index (χ3n) is 3.31. The Labute approximate surface area is 130 Å². The molecule has 0 heterocycles. The molecule has 5 nitrogen and oxygen atoms in total. The van der Waals surface area contributed by atoms with Crippen molar-refractivity contribution in [1.29, 1.82) is 0 Å². The first-order valence-corrected chi connectivity index (χ1v) is 7.63. The molecule has 2 rings (SSSR count). The number of benzene rings is 1. The number of urea groups is 1. The molecule has 0 bridgehead atoms. The number of halogens is 2. The fourth-order valence-corrected chi connectivity index (χ4v) is 2.60. The second-order valence-corrected chi connectivity index (χ2v) is 5.90. The van der Waals surface area contributed by atoms with Crippen molar-refractivity contribution in [3.8, 4) is 0 Å². The third kappa shape index (κ3) is 5.00. The SMILES string of the molecule is O=C(CNc1ccc(Br)cc1F)NC(=O)NC1CCCC1. The molecule has 1 aliphatic carbocycles. The van der Waals surface area contributed by atoms with Crippen molar-refractivity contribution in [1.82, 2.24) is 10.6 Å². The minimum atomic E-state index is -0.507. The number of carbonyl (C=O) groups is 2. The number of anilines is 1. The summed E-state index contributed by atoms with van der Waals surface area (Å²) in [6, 6.07) is 4.13. The van der Waals surface area contributed by atoms with Crippen LogP contribution >= 0.6 is 15.9 Å². The first kappa shape index (κ1) is 15.8. The zero-order valence-electron chi connectivity index (χ0n) is 11.4. The molecule has 114 valence electrons. The largest absolute Gasteiger partial charge is 0.374 e. The molecule has 0 aromatic heterocycles. The molecule has 0 atom stereocenters. The summed E-state index contributed by atoms with van der Waals surface area (Å²) in [5.74, 6) is -0.972. The summed E-state index contributed by atoms with van der Waals surface area (Å²) in [6.07, 6.45) is 4.10. The normalized spacial score (nSPS) is 14.8. The maximum absolute atomic E-state index is 13.5. The number of carbonyl (C=O) groups excluding carboxylic acids is 2. The van der Waals surface area contributed by atoms with E-state index in [2.05, 4.69) is 31.9 Å². The Kier molecular flexibility index (Phi) is 5.55. The van der Waals surface area contributed by atoms with Gasteiger partial charge in [-0.05, 0) is 31.0 Å². The quantitative estimate of drug-likeness (QED) is 0.775. The van der Waals surface area contributed by atoms with Gasteiger partial charge in [-0.1, -0.05) is 28.8 Å². The Balaban J connectivity index is 1.75. The van der Waals surface area contributed by atoms with Crippen LogP contribution in [0.25, 0.3) is 0 Å². The van der Waals surface area contributed by atoms with Gasteiger partial charge in [-0.15, -0.1) is 0 Å². The van der Waals surface area contributed by atoms with E-state index in [1.165, 1.54) is 12.1 Å². The Bertz CT molecular complexity index is 533. The van der Waals surface area contributed by atoms with Crippen molar-refractivity contribution in [2.24, 2.45) is 0 Å². The zero-order chi connectivity index (χ0) is 15.2. The van der Waals surface area contributed by atoms with Gasteiger partial charge in [0.2, 0.25) is 5.91 Å². The minimum absolute atomic E-state index is 0.148. The van der Waals surface area contributed by atoms with E-state index in [0.717, 1.165) is 25.7 Å². The van der Waals surface area contributed by atoms with E-state index < -0.39 is 17.8 Å². The predicted molar refractivity (Wildman–Crippen MR) is 81.5 cm³/mol. The standard InChI is InChI=1S/C14H17BrFN3O2/c15-9-5-6-12(11(16)7-9)17-8-13(20)19-14(21)18-10-3-1-2-4-10/h5-7,10,17H,1-4,8H2,(H2,18,19,20,21). The zero-order valence-corrected chi connectivity index (χ0v) is 13.0. The van der Waals surface area contributed by atoms with Crippen molar-refractivity contribution >= 4 is 33.6 Å². The van der Waals surface area contributed by atoms with Crippen molar-refractivity contribution in [2.75, 3.05) is 11.9 Å². The molecule has 0 aliphatic heterocycles. The lowest BCUT2D eigenvalue weighted by Gasteiger charge is -2.12. The van der Waals surface area contributed by atoms with Gasteiger partial charge in [-0.2, -0.15) is 0 Å². The fourth-order valence-electron chi connectivity index (χ4n) is 2.27. The summed E-state index contributed by atoms with van der Waals surface area (Å²) >= 11 is 3.15. The lowest BCUT2D eigenvalue weighted by Crippen LogP contribution is -2.45. The number of amides is 3. The van der Waals surface area contributed by atoms with Gasteiger partial charge >= 0.3 is 6.03 Å². The smallest absolute Gasteiger partial charge is 0.321 e. The molecule has 0 spiro atoms. The average molecular weight is 358 g/mol. The van der Waals surface area contributed by atoms with Gasteiger partial charge in [0, 0.05) is 10.5 Å². The van der Waals surface area contributed by atoms with Crippen molar-refractivity contribution < 1.29 is 14.0 Å². The minimum Gasteiger partial charge on any atom is -0.374 e. The van der Waals surface area contributed by atoms with Crippen LogP contribution in [0.3, 0.4) is 0 Å². The summed E-state index contributed by atoms with van der Waals surface area (Å²) in [5.41, 5.74) is 0.213. The predicted octanol–water partition coefficient (Wildman–Crippen LogP) is 2.77. The number of hydrogen-bond acceptors (Lipinski definition) is 3. The molecule has 1 aliphatic rings. The average Bonchev–Trinajstić information content (AvgIpc) is 2.90. The molecule has 0 unspecified atom stereocenters. The van der Waals surface area contributed by atoms with Gasteiger partial charge in [0.15, 0.2) is 0 Å². The molecule has 0 radical (unpaired) electrons. The molecular weight excluding hydrogens is 341 g/mol. The third-order valence-corrected chi connectivity index (χ3v) is 3.81. The Morgan fingerprint density at radius 3 is 2.67 bits per heavy atom. The summed E-state index contributed by atoms with van der Waals surface area (Å²) in [4.78, 5) is 23.2. The van der Waals surface area contributed by atoms with Gasteiger partial charge < -0.3 is 10.6 Å². The van der Waals surface area contributed by atoms with Crippen LogP contribution < -0.4 is 16.0 Å². The summed E-state index contributed by atoms with van der Waals surface area (Å²) in [6.45, 7) is -0.170. The van der Waals surface area contributed by atoms with E-state index in [1.807, 2.05) is 0 Å². The molecular formula is C14H17BrFN3O2. The van der Waals surface area contributed by atoms with E-state index >= 15 is 0 Å². The van der Waals surface area contributed by atoms with Crippen LogP contribution in [0.5, 0.6) is 0 Å². The van der Waals surface area contributed by atoms with Crippen LogP contribution in [0.1, 0.15) is 25.7 Å². The van der Waals surface area contributed by atoms with Crippen molar-refractivity contribution in [3.63, 3.8) is 0 Å². The van der Waals surface area contributed by atoms with Crippen LogP contribution in [-0.4, -0.2) is 24.5 Å². The lowest BCUT2D eigenvalue weighted by molar-refractivity contribution is -0.118. The molecule has 1 fully saturated rings. The highest BCUT2D eigenvalue weighted by molar-refractivity contribution is 9.10. The lowest BCUT2D eigenvalue weighted by atomic mass is 10.2. The fraction of sp³-hybridized carbons (Fsp3) is 0.429. The van der Waals surface area contributed by atoms with Gasteiger partial charge in [0.25, 0.3) is 0 Å². The van der Waals surface area contributed by atoms with Gasteiger partial charge in [0.1, 0.15) is 5.82 Å². The number of imide groups is 1. The Morgan fingerprint density at radius 1 is 1.29 bits per heavy atom. The molecule has 1 aromatic carbocycles. The molecule has 1 aromatic rings. The molecule has 7 heteroatoms. The van der Waals surface area contributed by atoms with E-state index in [0.29, 0.717) is 4.47 Å². The van der Waals surface area contributed by atoms with Crippen LogP contribution in [0, 0.1) is 5.82 Å². The maximum atomic E-state index is 13.5. The van der Waals surface area contributed by atoms with Gasteiger partial charge in [-0.25, -0.2) is 9.18 Å². The van der Waals surface area contributed by atoms with Crippen molar-refractivity contribution in [2.45, 2.75) is 31.7 Å².